The van der Waals surface area contributed by atoms with Gasteiger partial charge in [-0.05, 0) is 13.3 Å². The zero-order chi connectivity index (χ0) is 8.85. The second-order valence-corrected chi connectivity index (χ2v) is 2.31. The predicted molar refractivity (Wildman–Crippen MR) is 40.1 cm³/mol. The Balaban J connectivity index is 3.98. The molecule has 62 valence electrons. The highest BCUT2D eigenvalue weighted by Gasteiger charge is 2.17. The molecule has 0 aromatic heterocycles. The molecule has 0 heterocycles. The van der Waals surface area contributed by atoms with Gasteiger partial charge >= 0.3 is 11.7 Å². The number of rotatable bonds is 3. The lowest BCUT2D eigenvalue weighted by Crippen LogP contribution is -2.20. The molecule has 0 radical (unpaired) electrons. The van der Waals surface area contributed by atoms with Gasteiger partial charge in [0.25, 0.3) is 0 Å². The van der Waals surface area contributed by atoms with E-state index in [0.717, 1.165) is 6.42 Å². The lowest BCUT2D eigenvalue weighted by atomic mass is 10.3. The standard InChI is InChI=1S/C7H12N2O2/c1-4-5(2)11-7(10)6(3)9-8/h5H,4H2,1-3H3. The van der Waals surface area contributed by atoms with E-state index in [-0.39, 0.29) is 11.8 Å². The number of carbonyl (C=O) groups is 1. The second-order valence-electron chi connectivity index (χ2n) is 2.31. The molecule has 0 fully saturated rings. The monoisotopic (exact) mass is 156 g/mol. The Morgan fingerprint density at radius 3 is 2.64 bits per heavy atom. The van der Waals surface area contributed by atoms with Crippen LogP contribution in [0.25, 0.3) is 5.53 Å². The van der Waals surface area contributed by atoms with Gasteiger partial charge in [0.1, 0.15) is 0 Å². The predicted octanol–water partition coefficient (Wildman–Crippen LogP) is 1.02. The van der Waals surface area contributed by atoms with E-state index in [2.05, 4.69) is 4.79 Å². The Hall–Kier alpha value is -1.15. The Morgan fingerprint density at radius 1 is 1.73 bits per heavy atom. The van der Waals surface area contributed by atoms with Crippen molar-refractivity contribution in [2.24, 2.45) is 0 Å². The Kier molecular flexibility index (Phi) is 4.15. The van der Waals surface area contributed by atoms with Crippen LogP contribution in [-0.4, -0.2) is 22.6 Å². The van der Waals surface area contributed by atoms with Crippen LogP contribution in [0.4, 0.5) is 0 Å². The molecular weight excluding hydrogens is 144 g/mol. The van der Waals surface area contributed by atoms with E-state index in [1.165, 1.54) is 6.92 Å². The molecular formula is C7H12N2O2. The summed E-state index contributed by atoms with van der Waals surface area (Å²) in [5.74, 6) is -0.568. The minimum Gasteiger partial charge on any atom is -0.454 e. The molecule has 0 aromatic carbocycles. The maximum Gasteiger partial charge on any atom is 0.416 e. The smallest absolute Gasteiger partial charge is 0.416 e. The first-order valence-corrected chi connectivity index (χ1v) is 3.51. The maximum absolute atomic E-state index is 10.8. The van der Waals surface area contributed by atoms with Crippen LogP contribution in [0.15, 0.2) is 0 Å². The maximum atomic E-state index is 10.8. The molecule has 0 saturated carbocycles. The Bertz CT molecular complexity index is 195. The van der Waals surface area contributed by atoms with E-state index in [9.17, 15) is 4.79 Å². The highest BCUT2D eigenvalue weighted by atomic mass is 16.5. The van der Waals surface area contributed by atoms with E-state index in [1.807, 2.05) is 6.92 Å². The van der Waals surface area contributed by atoms with Crippen molar-refractivity contribution in [3.8, 4) is 0 Å². The van der Waals surface area contributed by atoms with Gasteiger partial charge in [0.2, 0.25) is 0 Å². The zero-order valence-electron chi connectivity index (χ0n) is 7.00. The van der Waals surface area contributed by atoms with Crippen molar-refractivity contribution in [2.45, 2.75) is 33.3 Å². The molecule has 4 heteroatoms. The number of nitrogens with zero attached hydrogens (tertiary/aromatic N) is 2. The van der Waals surface area contributed by atoms with E-state index in [1.54, 1.807) is 6.92 Å². The molecule has 0 rings (SSSR count). The number of hydrogen-bond acceptors (Lipinski definition) is 2. The Labute approximate surface area is 65.8 Å². The molecule has 0 N–H and O–H groups in total. The fourth-order valence-corrected chi connectivity index (χ4v) is 0.392. The second kappa shape index (κ2) is 4.63. The molecule has 0 aromatic rings. The van der Waals surface area contributed by atoms with Crippen LogP contribution in [0, 0.1) is 0 Å². The fraction of sp³-hybridized carbons (Fsp3) is 0.714. The van der Waals surface area contributed by atoms with Crippen molar-refractivity contribution < 1.29 is 14.3 Å². The van der Waals surface area contributed by atoms with Crippen molar-refractivity contribution >= 4 is 11.7 Å². The summed E-state index contributed by atoms with van der Waals surface area (Å²) in [5.41, 5.74) is 8.16. The van der Waals surface area contributed by atoms with E-state index < -0.39 is 5.97 Å². The third-order valence-electron chi connectivity index (χ3n) is 1.33. The molecule has 0 amide bonds. The summed E-state index contributed by atoms with van der Waals surface area (Å²) in [5, 5.41) is 0. The number of carbonyl (C=O) groups excluding carboxylic acids is 1. The molecule has 0 spiro atoms. The summed E-state index contributed by atoms with van der Waals surface area (Å²) >= 11 is 0. The van der Waals surface area contributed by atoms with Crippen LogP contribution in [0.1, 0.15) is 27.2 Å². The lowest BCUT2D eigenvalue weighted by molar-refractivity contribution is -0.144. The van der Waals surface area contributed by atoms with E-state index in [0.29, 0.717) is 0 Å². The minimum atomic E-state index is -0.568. The molecule has 0 aliphatic carbocycles. The molecule has 11 heavy (non-hydrogen) atoms. The van der Waals surface area contributed by atoms with Gasteiger partial charge < -0.3 is 10.3 Å². The van der Waals surface area contributed by atoms with Crippen molar-refractivity contribution in [3.05, 3.63) is 5.53 Å². The van der Waals surface area contributed by atoms with Crippen LogP contribution >= 0.6 is 0 Å². The van der Waals surface area contributed by atoms with Crippen LogP contribution in [0.3, 0.4) is 0 Å². The van der Waals surface area contributed by atoms with Gasteiger partial charge in [-0.15, -0.1) is 0 Å². The average molecular weight is 156 g/mol. The average Bonchev–Trinajstić information content (AvgIpc) is 2.02. The zero-order valence-corrected chi connectivity index (χ0v) is 7.00. The van der Waals surface area contributed by atoms with E-state index in [4.69, 9.17) is 10.3 Å². The molecule has 1 atom stereocenters. The van der Waals surface area contributed by atoms with Crippen LogP contribution in [0.5, 0.6) is 0 Å². The van der Waals surface area contributed by atoms with Gasteiger partial charge in [-0.2, -0.15) is 4.79 Å². The van der Waals surface area contributed by atoms with Gasteiger partial charge in [-0.1, -0.05) is 6.92 Å². The quantitative estimate of drug-likeness (QED) is 0.265. The molecule has 0 bridgehead atoms. The van der Waals surface area contributed by atoms with Crippen LogP contribution in [0.2, 0.25) is 0 Å². The number of hydrogen-bond donors (Lipinski definition) is 0. The summed E-state index contributed by atoms with van der Waals surface area (Å²) < 4.78 is 4.82. The highest BCUT2D eigenvalue weighted by molar-refractivity contribution is 6.32. The third kappa shape index (κ3) is 3.53. The first-order chi connectivity index (χ1) is 5.11. The summed E-state index contributed by atoms with van der Waals surface area (Å²) in [4.78, 5) is 13.5. The largest absolute Gasteiger partial charge is 0.454 e. The highest BCUT2D eigenvalue weighted by Crippen LogP contribution is 1.96. The van der Waals surface area contributed by atoms with Gasteiger partial charge in [-0.25, -0.2) is 4.79 Å². The van der Waals surface area contributed by atoms with Gasteiger partial charge in [0.15, 0.2) is 0 Å². The first kappa shape index (κ1) is 9.85. The SMILES string of the molecule is CCC(C)OC(=O)C(C)=[N+]=[N-]. The fourth-order valence-electron chi connectivity index (χ4n) is 0.392. The molecule has 0 saturated heterocycles. The van der Waals surface area contributed by atoms with Gasteiger partial charge in [0.05, 0.1) is 6.10 Å². The number of esters is 1. The third-order valence-corrected chi connectivity index (χ3v) is 1.33. The molecule has 0 aliphatic heterocycles. The first-order valence-electron chi connectivity index (χ1n) is 3.51. The van der Waals surface area contributed by atoms with Crippen LogP contribution < -0.4 is 0 Å². The molecule has 0 aliphatic rings. The van der Waals surface area contributed by atoms with Crippen molar-refractivity contribution in [1.29, 1.82) is 0 Å². The molecule has 4 nitrogen and oxygen atoms in total. The summed E-state index contributed by atoms with van der Waals surface area (Å²) in [6, 6.07) is 0. The topological polar surface area (TPSA) is 62.7 Å². The van der Waals surface area contributed by atoms with E-state index >= 15 is 0 Å². The normalized spacial score (nSPS) is 11.5. The van der Waals surface area contributed by atoms with Gasteiger partial charge in [-0.3, -0.25) is 0 Å². The number of ether oxygens (including phenoxy) is 1. The van der Waals surface area contributed by atoms with Gasteiger partial charge in [0, 0.05) is 6.92 Å². The van der Waals surface area contributed by atoms with Crippen molar-refractivity contribution in [3.63, 3.8) is 0 Å². The lowest BCUT2D eigenvalue weighted by Gasteiger charge is -2.06. The summed E-state index contributed by atoms with van der Waals surface area (Å²) in [7, 11) is 0. The van der Waals surface area contributed by atoms with Crippen molar-refractivity contribution in [2.75, 3.05) is 0 Å². The Morgan fingerprint density at radius 2 is 2.27 bits per heavy atom. The summed E-state index contributed by atoms with van der Waals surface area (Å²) in [6.07, 6.45) is 0.629. The van der Waals surface area contributed by atoms with Crippen LogP contribution in [-0.2, 0) is 9.53 Å². The van der Waals surface area contributed by atoms with Crippen molar-refractivity contribution in [1.82, 2.24) is 0 Å². The minimum absolute atomic E-state index is 0.0229. The summed E-state index contributed by atoms with van der Waals surface area (Å²) in [6.45, 7) is 5.08. The molecule has 1 unspecified atom stereocenters.